The smallest absolute Gasteiger partial charge is 0.416 e. The first-order valence-electron chi connectivity index (χ1n) is 10.3. The maximum absolute atomic E-state index is 13.1. The lowest BCUT2D eigenvalue weighted by Gasteiger charge is -2.16. The molecular formula is C25H16ClF3N2O3S2. The molecule has 1 N–H and O–H groups in total. The molecule has 0 unspecified atom stereocenters. The van der Waals surface area contributed by atoms with Gasteiger partial charge in [-0.3, -0.25) is 14.5 Å². The van der Waals surface area contributed by atoms with Crippen LogP contribution in [0.25, 0.3) is 6.08 Å². The van der Waals surface area contributed by atoms with Crippen molar-refractivity contribution in [3.8, 4) is 5.75 Å². The van der Waals surface area contributed by atoms with E-state index in [-0.39, 0.29) is 27.4 Å². The summed E-state index contributed by atoms with van der Waals surface area (Å²) in [6.07, 6.45) is -2.98. The standard InChI is InChI=1S/C25H16ClF3N2O3S2/c26-17-6-3-7-18(13-17)30-22(32)14-34-20-9-1-4-15(10-20)11-21-23(33)31(24(35)36-21)19-8-2-5-16(12-19)25(27,28)29/h1-13H,14H2,(H,30,32)/b21-11-. The minimum Gasteiger partial charge on any atom is -0.484 e. The Hall–Kier alpha value is -3.34. The van der Waals surface area contributed by atoms with Gasteiger partial charge in [0.2, 0.25) is 0 Å². The third kappa shape index (κ3) is 6.26. The molecule has 0 atom stereocenters. The van der Waals surface area contributed by atoms with Gasteiger partial charge in [-0.2, -0.15) is 13.2 Å². The largest absolute Gasteiger partial charge is 0.484 e. The predicted molar refractivity (Wildman–Crippen MR) is 139 cm³/mol. The summed E-state index contributed by atoms with van der Waals surface area (Å²) < 4.78 is 45.0. The number of amides is 2. The van der Waals surface area contributed by atoms with Crippen LogP contribution in [0.3, 0.4) is 0 Å². The number of rotatable bonds is 6. The molecule has 1 fully saturated rings. The molecule has 0 saturated carbocycles. The van der Waals surface area contributed by atoms with Crippen LogP contribution in [0.4, 0.5) is 24.5 Å². The number of hydrogen-bond donors (Lipinski definition) is 1. The molecule has 1 aliphatic rings. The highest BCUT2D eigenvalue weighted by molar-refractivity contribution is 8.27. The van der Waals surface area contributed by atoms with E-state index in [2.05, 4.69) is 5.32 Å². The number of carbonyl (C=O) groups excluding carboxylic acids is 2. The zero-order valence-corrected chi connectivity index (χ0v) is 20.6. The van der Waals surface area contributed by atoms with Crippen LogP contribution in [0, 0.1) is 0 Å². The summed E-state index contributed by atoms with van der Waals surface area (Å²) >= 11 is 12.1. The van der Waals surface area contributed by atoms with Crippen molar-refractivity contribution in [2.75, 3.05) is 16.8 Å². The van der Waals surface area contributed by atoms with Crippen molar-refractivity contribution in [2.24, 2.45) is 0 Å². The predicted octanol–water partition coefficient (Wildman–Crippen LogP) is 6.78. The van der Waals surface area contributed by atoms with Gasteiger partial charge in [-0.15, -0.1) is 0 Å². The van der Waals surface area contributed by atoms with Gasteiger partial charge in [-0.25, -0.2) is 0 Å². The Kier molecular flexibility index (Phi) is 7.67. The number of halogens is 4. The minimum absolute atomic E-state index is 0.0403. The molecule has 0 spiro atoms. The van der Waals surface area contributed by atoms with E-state index in [1.165, 1.54) is 12.1 Å². The summed E-state index contributed by atoms with van der Waals surface area (Å²) in [7, 11) is 0. The fraction of sp³-hybridized carbons (Fsp3) is 0.0800. The van der Waals surface area contributed by atoms with Crippen LogP contribution >= 0.6 is 35.6 Å². The average molecular weight is 549 g/mol. The zero-order valence-electron chi connectivity index (χ0n) is 18.2. The summed E-state index contributed by atoms with van der Waals surface area (Å²) in [6, 6.07) is 17.8. The Morgan fingerprint density at radius 1 is 1.08 bits per heavy atom. The van der Waals surface area contributed by atoms with Gasteiger partial charge in [0.25, 0.3) is 11.8 Å². The van der Waals surface area contributed by atoms with E-state index in [0.29, 0.717) is 22.0 Å². The van der Waals surface area contributed by atoms with Crippen LogP contribution in [-0.4, -0.2) is 22.7 Å². The van der Waals surface area contributed by atoms with E-state index >= 15 is 0 Å². The number of alkyl halides is 3. The Labute approximate surface area is 218 Å². The molecule has 3 aromatic carbocycles. The molecule has 0 aliphatic carbocycles. The topological polar surface area (TPSA) is 58.6 Å². The monoisotopic (exact) mass is 548 g/mol. The maximum Gasteiger partial charge on any atom is 0.416 e. The number of anilines is 2. The third-order valence-corrected chi connectivity index (χ3v) is 6.40. The molecule has 0 aromatic heterocycles. The Balaban J connectivity index is 1.45. The lowest BCUT2D eigenvalue weighted by atomic mass is 10.1. The second kappa shape index (κ2) is 10.7. The van der Waals surface area contributed by atoms with Crippen molar-refractivity contribution in [3.63, 3.8) is 0 Å². The van der Waals surface area contributed by atoms with Gasteiger partial charge in [-0.1, -0.05) is 59.8 Å². The molecule has 4 rings (SSSR count). The average Bonchev–Trinajstić information content (AvgIpc) is 3.10. The van der Waals surface area contributed by atoms with Gasteiger partial charge in [0.05, 0.1) is 16.2 Å². The lowest BCUT2D eigenvalue weighted by Crippen LogP contribution is -2.27. The summed E-state index contributed by atoms with van der Waals surface area (Å²) in [4.78, 5) is 26.4. The molecule has 1 saturated heterocycles. The van der Waals surface area contributed by atoms with E-state index < -0.39 is 17.6 Å². The molecule has 184 valence electrons. The molecule has 5 nitrogen and oxygen atoms in total. The van der Waals surface area contributed by atoms with Gasteiger partial charge >= 0.3 is 6.18 Å². The number of carbonyl (C=O) groups is 2. The maximum atomic E-state index is 13.1. The van der Waals surface area contributed by atoms with Crippen molar-refractivity contribution < 1.29 is 27.5 Å². The Morgan fingerprint density at radius 3 is 2.58 bits per heavy atom. The van der Waals surface area contributed by atoms with Crippen LogP contribution in [0.5, 0.6) is 5.75 Å². The highest BCUT2D eigenvalue weighted by atomic mass is 35.5. The van der Waals surface area contributed by atoms with E-state index in [1.54, 1.807) is 54.6 Å². The third-order valence-electron chi connectivity index (χ3n) is 4.86. The number of thioether (sulfide) groups is 1. The van der Waals surface area contributed by atoms with Crippen LogP contribution in [0.2, 0.25) is 5.02 Å². The number of ether oxygens (including phenoxy) is 1. The Bertz CT molecular complexity index is 1380. The molecule has 1 heterocycles. The van der Waals surface area contributed by atoms with E-state index in [9.17, 15) is 22.8 Å². The van der Waals surface area contributed by atoms with E-state index in [0.717, 1.165) is 28.8 Å². The first-order valence-corrected chi connectivity index (χ1v) is 11.9. The minimum atomic E-state index is -4.54. The molecule has 36 heavy (non-hydrogen) atoms. The molecule has 3 aromatic rings. The fourth-order valence-corrected chi connectivity index (χ4v) is 4.76. The van der Waals surface area contributed by atoms with Crippen molar-refractivity contribution in [2.45, 2.75) is 6.18 Å². The van der Waals surface area contributed by atoms with Crippen LogP contribution in [-0.2, 0) is 15.8 Å². The van der Waals surface area contributed by atoms with Gasteiger partial charge < -0.3 is 10.1 Å². The molecule has 11 heteroatoms. The van der Waals surface area contributed by atoms with Gasteiger partial charge in [0, 0.05) is 10.7 Å². The number of thiocarbonyl (C=S) groups is 1. The fourth-order valence-electron chi connectivity index (χ4n) is 3.27. The summed E-state index contributed by atoms with van der Waals surface area (Å²) in [5, 5.41) is 3.16. The second-order valence-electron chi connectivity index (χ2n) is 7.48. The molecule has 1 aliphatic heterocycles. The number of nitrogens with zero attached hydrogens (tertiary/aromatic N) is 1. The second-order valence-corrected chi connectivity index (χ2v) is 9.60. The SMILES string of the molecule is O=C(COc1cccc(/C=C2\SC(=S)N(c3cccc(C(F)(F)F)c3)C2=O)c1)Nc1cccc(Cl)c1. The van der Waals surface area contributed by atoms with Crippen LogP contribution in [0.15, 0.2) is 77.7 Å². The quantitative estimate of drug-likeness (QED) is 0.272. The van der Waals surface area contributed by atoms with Gasteiger partial charge in [0.1, 0.15) is 5.75 Å². The number of hydrogen-bond acceptors (Lipinski definition) is 5. The van der Waals surface area contributed by atoms with Crippen molar-refractivity contribution in [1.29, 1.82) is 0 Å². The van der Waals surface area contributed by atoms with Gasteiger partial charge in [0.15, 0.2) is 10.9 Å². The summed E-state index contributed by atoms with van der Waals surface area (Å²) in [6.45, 7) is -0.256. The lowest BCUT2D eigenvalue weighted by molar-refractivity contribution is -0.137. The van der Waals surface area contributed by atoms with Gasteiger partial charge in [-0.05, 0) is 60.2 Å². The summed E-state index contributed by atoms with van der Waals surface area (Å²) in [5.74, 6) is -0.528. The van der Waals surface area contributed by atoms with Crippen LogP contribution in [0.1, 0.15) is 11.1 Å². The first kappa shape index (κ1) is 25.7. The van der Waals surface area contributed by atoms with Crippen molar-refractivity contribution in [1.82, 2.24) is 0 Å². The van der Waals surface area contributed by atoms with Crippen molar-refractivity contribution in [3.05, 3.63) is 93.9 Å². The molecule has 2 amide bonds. The zero-order chi connectivity index (χ0) is 25.9. The highest BCUT2D eigenvalue weighted by Gasteiger charge is 2.36. The highest BCUT2D eigenvalue weighted by Crippen LogP contribution is 2.38. The first-order chi connectivity index (χ1) is 17.1. The van der Waals surface area contributed by atoms with E-state index in [1.807, 2.05) is 0 Å². The van der Waals surface area contributed by atoms with Crippen LogP contribution < -0.4 is 15.0 Å². The number of benzene rings is 3. The molecular weight excluding hydrogens is 533 g/mol. The Morgan fingerprint density at radius 2 is 1.83 bits per heavy atom. The molecule has 0 bridgehead atoms. The summed E-state index contributed by atoms with van der Waals surface area (Å²) in [5.41, 5.74) is 0.292. The molecule has 0 radical (unpaired) electrons. The van der Waals surface area contributed by atoms with E-state index in [4.69, 9.17) is 28.6 Å². The normalized spacial score (nSPS) is 14.9. The van der Waals surface area contributed by atoms with Crippen molar-refractivity contribution >= 4 is 69.2 Å². The number of nitrogens with one attached hydrogen (secondary N) is 1.